The SMILES string of the molecule is CNS(=O)(=O)c1cc(C(=O)N2CCCc3c(N)cccc32)c(C)o1.Cl. The van der Waals surface area contributed by atoms with Crippen LogP contribution in [-0.4, -0.2) is 27.9 Å². The van der Waals surface area contributed by atoms with Gasteiger partial charge in [0.25, 0.3) is 15.9 Å². The molecule has 0 unspecified atom stereocenters. The fourth-order valence-electron chi connectivity index (χ4n) is 2.91. The number of carbonyl (C=O) groups is 1. The summed E-state index contributed by atoms with van der Waals surface area (Å²) >= 11 is 0. The molecule has 136 valence electrons. The van der Waals surface area contributed by atoms with E-state index in [1.54, 1.807) is 17.9 Å². The lowest BCUT2D eigenvalue weighted by Crippen LogP contribution is -2.35. The smallest absolute Gasteiger partial charge is 0.273 e. The van der Waals surface area contributed by atoms with E-state index in [-0.39, 0.29) is 34.7 Å². The summed E-state index contributed by atoms with van der Waals surface area (Å²) in [6, 6.07) is 6.74. The van der Waals surface area contributed by atoms with Gasteiger partial charge in [-0.1, -0.05) is 6.07 Å². The van der Waals surface area contributed by atoms with E-state index in [0.717, 1.165) is 24.1 Å². The van der Waals surface area contributed by atoms with Gasteiger partial charge >= 0.3 is 0 Å². The van der Waals surface area contributed by atoms with Gasteiger partial charge in [0.2, 0.25) is 5.09 Å². The lowest BCUT2D eigenvalue weighted by atomic mass is 9.99. The van der Waals surface area contributed by atoms with Crippen molar-refractivity contribution in [2.24, 2.45) is 0 Å². The van der Waals surface area contributed by atoms with Gasteiger partial charge in [-0.25, -0.2) is 13.1 Å². The van der Waals surface area contributed by atoms with Crippen molar-refractivity contribution >= 4 is 39.7 Å². The van der Waals surface area contributed by atoms with Crippen LogP contribution in [0.2, 0.25) is 0 Å². The first-order valence-corrected chi connectivity index (χ1v) is 9.06. The van der Waals surface area contributed by atoms with Gasteiger partial charge in [0.15, 0.2) is 0 Å². The van der Waals surface area contributed by atoms with Gasteiger partial charge in [0.1, 0.15) is 5.76 Å². The maximum absolute atomic E-state index is 12.9. The van der Waals surface area contributed by atoms with Crippen LogP contribution in [0.1, 0.15) is 28.1 Å². The number of nitrogens with one attached hydrogen (secondary N) is 1. The predicted octanol–water partition coefficient (Wildman–Crippen LogP) is 2.09. The van der Waals surface area contributed by atoms with Gasteiger partial charge in [-0.05, 0) is 44.5 Å². The number of benzene rings is 1. The molecule has 2 heterocycles. The van der Waals surface area contributed by atoms with E-state index in [2.05, 4.69) is 4.72 Å². The standard InChI is InChI=1S/C16H19N3O4S.ClH/c1-10-12(9-15(23-10)24(21,22)18-2)16(20)19-8-4-5-11-13(17)6-3-7-14(11)19;/h3,6-7,9,18H,4-5,8,17H2,1-2H3;1H. The highest BCUT2D eigenvalue weighted by Crippen LogP contribution is 2.33. The molecule has 7 nitrogen and oxygen atoms in total. The highest BCUT2D eigenvalue weighted by atomic mass is 35.5. The molecule has 0 saturated carbocycles. The number of fused-ring (bicyclic) bond motifs is 1. The number of nitrogens with two attached hydrogens (primary N) is 1. The quantitative estimate of drug-likeness (QED) is 0.787. The summed E-state index contributed by atoms with van der Waals surface area (Å²) in [7, 11) is -2.45. The zero-order valence-electron chi connectivity index (χ0n) is 13.9. The third-order valence-corrected chi connectivity index (χ3v) is 5.46. The maximum atomic E-state index is 12.9. The summed E-state index contributed by atoms with van der Waals surface area (Å²) in [6.45, 7) is 2.13. The van der Waals surface area contributed by atoms with Gasteiger partial charge in [0, 0.05) is 24.0 Å². The second-order valence-corrected chi connectivity index (χ2v) is 7.47. The number of anilines is 2. The third kappa shape index (κ3) is 3.37. The number of amides is 1. The molecule has 0 fully saturated rings. The Morgan fingerprint density at radius 3 is 2.76 bits per heavy atom. The van der Waals surface area contributed by atoms with Gasteiger partial charge < -0.3 is 15.1 Å². The van der Waals surface area contributed by atoms with Gasteiger partial charge in [-0.15, -0.1) is 12.4 Å². The summed E-state index contributed by atoms with van der Waals surface area (Å²) in [4.78, 5) is 14.6. The zero-order valence-corrected chi connectivity index (χ0v) is 15.5. The van der Waals surface area contributed by atoms with E-state index in [1.165, 1.54) is 13.1 Å². The molecule has 1 amide bonds. The number of carbonyl (C=O) groups excluding carboxylic acids is 1. The monoisotopic (exact) mass is 385 g/mol. The second kappa shape index (κ2) is 7.07. The molecule has 0 spiro atoms. The van der Waals surface area contributed by atoms with E-state index < -0.39 is 10.0 Å². The third-order valence-electron chi connectivity index (χ3n) is 4.19. The molecule has 0 bridgehead atoms. The first kappa shape index (κ1) is 19.3. The van der Waals surface area contributed by atoms with Crippen molar-refractivity contribution in [1.82, 2.24) is 4.72 Å². The van der Waals surface area contributed by atoms with Crippen LogP contribution in [0, 0.1) is 6.92 Å². The Labute approximate surface area is 152 Å². The van der Waals surface area contributed by atoms with Crippen molar-refractivity contribution in [3.8, 4) is 0 Å². The fraction of sp³-hybridized carbons (Fsp3) is 0.312. The highest BCUT2D eigenvalue weighted by molar-refractivity contribution is 7.89. The first-order chi connectivity index (χ1) is 11.3. The van der Waals surface area contributed by atoms with Crippen LogP contribution in [0.3, 0.4) is 0 Å². The largest absolute Gasteiger partial charge is 0.448 e. The minimum Gasteiger partial charge on any atom is -0.448 e. The van der Waals surface area contributed by atoms with Gasteiger partial charge in [0.05, 0.1) is 5.56 Å². The summed E-state index contributed by atoms with van der Waals surface area (Å²) in [6.07, 6.45) is 1.61. The molecule has 9 heteroatoms. The van der Waals surface area contributed by atoms with Crippen LogP contribution in [0.15, 0.2) is 33.8 Å². The second-order valence-electron chi connectivity index (χ2n) is 5.65. The molecule has 1 aliphatic heterocycles. The fourth-order valence-corrected chi connectivity index (χ4v) is 3.62. The van der Waals surface area contributed by atoms with Crippen molar-refractivity contribution in [2.75, 3.05) is 24.2 Å². The number of nitrogens with zero attached hydrogens (tertiary/aromatic N) is 1. The molecule has 1 aliphatic rings. The lowest BCUT2D eigenvalue weighted by molar-refractivity contribution is 0.0983. The van der Waals surface area contributed by atoms with Gasteiger partial charge in [-0.3, -0.25) is 4.79 Å². The maximum Gasteiger partial charge on any atom is 0.273 e. The number of halogens is 1. The summed E-state index contributed by atoms with van der Waals surface area (Å²) < 4.78 is 31.2. The Bertz CT molecular complexity index is 908. The molecule has 3 N–H and O–H groups in total. The number of nitrogen functional groups attached to an aromatic ring is 1. The summed E-state index contributed by atoms with van der Waals surface area (Å²) in [5.41, 5.74) is 8.62. The molecular formula is C16H20ClN3O4S. The Balaban J connectivity index is 0.00000225. The molecule has 0 atom stereocenters. The van der Waals surface area contributed by atoms with Crippen LogP contribution in [0.25, 0.3) is 0 Å². The number of sulfonamides is 1. The normalized spacial score (nSPS) is 13.9. The molecule has 3 rings (SSSR count). The molecular weight excluding hydrogens is 366 g/mol. The number of hydrogen-bond donors (Lipinski definition) is 2. The van der Waals surface area contributed by atoms with E-state index in [4.69, 9.17) is 10.2 Å². The molecule has 0 radical (unpaired) electrons. The molecule has 1 aromatic carbocycles. The number of furan rings is 1. The molecule has 2 aromatic rings. The molecule has 0 aliphatic carbocycles. The average Bonchev–Trinajstić information content (AvgIpc) is 2.97. The van der Waals surface area contributed by atoms with Crippen LogP contribution >= 0.6 is 12.4 Å². The van der Waals surface area contributed by atoms with Crippen molar-refractivity contribution in [1.29, 1.82) is 0 Å². The molecule has 1 aromatic heterocycles. The van der Waals surface area contributed by atoms with Crippen molar-refractivity contribution in [3.63, 3.8) is 0 Å². The summed E-state index contributed by atoms with van der Waals surface area (Å²) in [5, 5.41) is -0.268. The number of rotatable bonds is 3. The van der Waals surface area contributed by atoms with Crippen LogP contribution in [-0.2, 0) is 16.4 Å². The van der Waals surface area contributed by atoms with E-state index in [9.17, 15) is 13.2 Å². The Morgan fingerprint density at radius 1 is 1.36 bits per heavy atom. The van der Waals surface area contributed by atoms with Crippen molar-refractivity contribution in [3.05, 3.63) is 41.2 Å². The Hall–Kier alpha value is -2.03. The topological polar surface area (TPSA) is 106 Å². The molecule has 0 saturated heterocycles. The minimum absolute atomic E-state index is 0. The van der Waals surface area contributed by atoms with E-state index in [0.29, 0.717) is 12.2 Å². The van der Waals surface area contributed by atoms with Gasteiger partial charge in [-0.2, -0.15) is 0 Å². The predicted molar refractivity (Wildman–Crippen MR) is 97.8 cm³/mol. The number of hydrogen-bond acceptors (Lipinski definition) is 5. The van der Waals surface area contributed by atoms with Crippen molar-refractivity contribution < 1.29 is 17.6 Å². The van der Waals surface area contributed by atoms with Crippen LogP contribution in [0.4, 0.5) is 11.4 Å². The Morgan fingerprint density at radius 2 is 2.08 bits per heavy atom. The van der Waals surface area contributed by atoms with Crippen LogP contribution < -0.4 is 15.4 Å². The van der Waals surface area contributed by atoms with E-state index in [1.807, 2.05) is 12.1 Å². The minimum atomic E-state index is -3.74. The van der Waals surface area contributed by atoms with Crippen LogP contribution in [0.5, 0.6) is 0 Å². The Kier molecular flexibility index (Phi) is 5.46. The molecule has 25 heavy (non-hydrogen) atoms. The van der Waals surface area contributed by atoms with Crippen molar-refractivity contribution in [2.45, 2.75) is 24.9 Å². The first-order valence-electron chi connectivity index (χ1n) is 7.58. The zero-order chi connectivity index (χ0) is 17.5. The van der Waals surface area contributed by atoms with E-state index >= 15 is 0 Å². The highest BCUT2D eigenvalue weighted by Gasteiger charge is 2.29. The lowest BCUT2D eigenvalue weighted by Gasteiger charge is -2.30. The average molecular weight is 386 g/mol. The summed E-state index contributed by atoms with van der Waals surface area (Å²) in [5.74, 6) is -0.0230. The number of aryl methyl sites for hydroxylation is 1.